The lowest BCUT2D eigenvalue weighted by Gasteiger charge is -2.27. The first-order valence-electron chi connectivity index (χ1n) is 7.97. The molecular weight excluding hydrogens is 276 g/mol. The molecule has 1 aromatic heterocycles. The van der Waals surface area contributed by atoms with Crippen molar-refractivity contribution in [3.05, 3.63) is 42.1 Å². The highest BCUT2D eigenvalue weighted by Gasteiger charge is 2.39. The fraction of sp³-hybridized carbons (Fsp3) is 0.412. The molecule has 2 aliphatic heterocycles. The van der Waals surface area contributed by atoms with Gasteiger partial charge in [0.05, 0.1) is 17.5 Å². The quantitative estimate of drug-likeness (QED) is 0.891. The topological polar surface area (TPSA) is 61.0 Å². The summed E-state index contributed by atoms with van der Waals surface area (Å²) in [4.78, 5) is 15.2. The van der Waals surface area contributed by atoms with Gasteiger partial charge in [-0.3, -0.25) is 9.89 Å². The molecule has 5 heteroatoms. The standard InChI is InChI=1S/C17H20N4O/c22-17(21-13-6-7-14(21)10-18-9-8-13)15-11-19-20-16(15)12-4-2-1-3-5-12/h1-5,11,13-14,18H,6-10H2,(H,19,20). The molecular formula is C17H20N4O. The third-order valence-corrected chi connectivity index (χ3v) is 4.82. The molecule has 0 spiro atoms. The maximum atomic E-state index is 13.1. The summed E-state index contributed by atoms with van der Waals surface area (Å²) in [5.41, 5.74) is 2.51. The Labute approximate surface area is 129 Å². The number of amides is 1. The number of H-pyrrole nitrogens is 1. The first kappa shape index (κ1) is 13.5. The van der Waals surface area contributed by atoms with Crippen molar-refractivity contribution < 1.29 is 4.79 Å². The molecule has 2 bridgehead atoms. The Morgan fingerprint density at radius 3 is 2.82 bits per heavy atom. The summed E-state index contributed by atoms with van der Waals surface area (Å²) in [6, 6.07) is 10.6. The van der Waals surface area contributed by atoms with E-state index in [2.05, 4.69) is 20.4 Å². The lowest BCUT2D eigenvalue weighted by molar-refractivity contribution is 0.0681. The summed E-state index contributed by atoms with van der Waals surface area (Å²) in [6.45, 7) is 1.91. The van der Waals surface area contributed by atoms with E-state index < -0.39 is 0 Å². The molecule has 2 fully saturated rings. The van der Waals surface area contributed by atoms with E-state index >= 15 is 0 Å². The number of carbonyl (C=O) groups excluding carboxylic acids is 1. The summed E-state index contributed by atoms with van der Waals surface area (Å²) >= 11 is 0. The van der Waals surface area contributed by atoms with Gasteiger partial charge in [-0.2, -0.15) is 5.10 Å². The van der Waals surface area contributed by atoms with Crippen LogP contribution in [0.2, 0.25) is 0 Å². The number of hydrogen-bond acceptors (Lipinski definition) is 3. The second kappa shape index (κ2) is 5.57. The van der Waals surface area contributed by atoms with Gasteiger partial charge in [0.1, 0.15) is 0 Å². The predicted molar refractivity (Wildman–Crippen MR) is 84.5 cm³/mol. The van der Waals surface area contributed by atoms with Crippen molar-refractivity contribution in [1.29, 1.82) is 0 Å². The Balaban J connectivity index is 1.68. The number of rotatable bonds is 2. The van der Waals surface area contributed by atoms with Crippen LogP contribution < -0.4 is 5.32 Å². The Morgan fingerprint density at radius 1 is 1.14 bits per heavy atom. The minimum atomic E-state index is 0.115. The van der Waals surface area contributed by atoms with Gasteiger partial charge in [-0.15, -0.1) is 0 Å². The van der Waals surface area contributed by atoms with Crippen molar-refractivity contribution in [1.82, 2.24) is 20.4 Å². The second-order valence-electron chi connectivity index (χ2n) is 6.11. The average molecular weight is 296 g/mol. The summed E-state index contributed by atoms with van der Waals surface area (Å²) in [7, 11) is 0. The van der Waals surface area contributed by atoms with E-state index in [0.717, 1.165) is 43.6 Å². The number of aromatic nitrogens is 2. The smallest absolute Gasteiger partial charge is 0.258 e. The minimum Gasteiger partial charge on any atom is -0.331 e. The fourth-order valence-corrected chi connectivity index (χ4v) is 3.73. The van der Waals surface area contributed by atoms with Gasteiger partial charge in [0, 0.05) is 24.2 Å². The van der Waals surface area contributed by atoms with E-state index in [0.29, 0.717) is 17.6 Å². The van der Waals surface area contributed by atoms with Crippen LogP contribution in [0, 0.1) is 0 Å². The SMILES string of the molecule is O=C(c1cn[nH]c1-c1ccccc1)N1C2CCNCC1CC2. The fourth-order valence-electron chi connectivity index (χ4n) is 3.73. The lowest BCUT2D eigenvalue weighted by atomic mass is 10.1. The number of nitrogens with one attached hydrogen (secondary N) is 2. The highest BCUT2D eigenvalue weighted by Crippen LogP contribution is 2.31. The maximum absolute atomic E-state index is 13.1. The molecule has 2 aliphatic rings. The van der Waals surface area contributed by atoms with Crippen LogP contribution in [0.1, 0.15) is 29.6 Å². The van der Waals surface area contributed by atoms with E-state index in [9.17, 15) is 4.79 Å². The van der Waals surface area contributed by atoms with E-state index in [1.807, 2.05) is 30.3 Å². The molecule has 3 heterocycles. The van der Waals surface area contributed by atoms with Gasteiger partial charge < -0.3 is 10.2 Å². The molecule has 1 amide bonds. The van der Waals surface area contributed by atoms with Gasteiger partial charge in [0.15, 0.2) is 0 Å². The lowest BCUT2D eigenvalue weighted by Crippen LogP contribution is -2.42. The van der Waals surface area contributed by atoms with Gasteiger partial charge in [-0.25, -0.2) is 0 Å². The molecule has 0 aliphatic carbocycles. The van der Waals surface area contributed by atoms with E-state index in [1.165, 1.54) is 0 Å². The first-order chi connectivity index (χ1) is 10.8. The van der Waals surface area contributed by atoms with Crippen LogP contribution in [0.5, 0.6) is 0 Å². The zero-order chi connectivity index (χ0) is 14.9. The van der Waals surface area contributed by atoms with Gasteiger partial charge in [-0.05, 0) is 25.8 Å². The summed E-state index contributed by atoms with van der Waals surface area (Å²) in [5.74, 6) is 0.115. The molecule has 2 aromatic rings. The van der Waals surface area contributed by atoms with Crippen LogP contribution in [0.15, 0.2) is 36.5 Å². The zero-order valence-electron chi connectivity index (χ0n) is 12.5. The van der Waals surface area contributed by atoms with Crippen LogP contribution in [-0.4, -0.2) is 46.2 Å². The summed E-state index contributed by atoms with van der Waals surface area (Å²) in [5, 5.41) is 10.6. The molecule has 2 N–H and O–H groups in total. The van der Waals surface area contributed by atoms with Crippen molar-refractivity contribution >= 4 is 5.91 Å². The molecule has 2 unspecified atom stereocenters. The number of fused-ring (bicyclic) bond motifs is 2. The van der Waals surface area contributed by atoms with E-state index in [1.54, 1.807) is 6.20 Å². The molecule has 0 radical (unpaired) electrons. The second-order valence-corrected chi connectivity index (χ2v) is 6.11. The number of carbonyl (C=O) groups is 1. The van der Waals surface area contributed by atoms with Gasteiger partial charge >= 0.3 is 0 Å². The molecule has 114 valence electrons. The highest BCUT2D eigenvalue weighted by atomic mass is 16.2. The molecule has 4 rings (SSSR count). The number of hydrogen-bond donors (Lipinski definition) is 2. The Kier molecular flexibility index (Phi) is 3.42. The molecule has 5 nitrogen and oxygen atoms in total. The molecule has 22 heavy (non-hydrogen) atoms. The number of nitrogens with zero attached hydrogens (tertiary/aromatic N) is 2. The van der Waals surface area contributed by atoms with E-state index in [-0.39, 0.29) is 5.91 Å². The van der Waals surface area contributed by atoms with E-state index in [4.69, 9.17) is 0 Å². The molecule has 1 aromatic carbocycles. The Hall–Kier alpha value is -2.14. The third-order valence-electron chi connectivity index (χ3n) is 4.82. The minimum absolute atomic E-state index is 0.115. The highest BCUT2D eigenvalue weighted by molar-refractivity contribution is 6.00. The van der Waals surface area contributed by atoms with Crippen molar-refractivity contribution in [3.8, 4) is 11.3 Å². The largest absolute Gasteiger partial charge is 0.331 e. The van der Waals surface area contributed by atoms with Crippen LogP contribution in [0.4, 0.5) is 0 Å². The zero-order valence-corrected chi connectivity index (χ0v) is 12.5. The first-order valence-corrected chi connectivity index (χ1v) is 7.97. The number of benzene rings is 1. The molecule has 2 saturated heterocycles. The van der Waals surface area contributed by atoms with Crippen LogP contribution >= 0.6 is 0 Å². The van der Waals surface area contributed by atoms with Crippen LogP contribution in [0.25, 0.3) is 11.3 Å². The Bertz CT molecular complexity index is 652. The summed E-state index contributed by atoms with van der Waals surface area (Å²) in [6.07, 6.45) is 4.93. The Morgan fingerprint density at radius 2 is 1.95 bits per heavy atom. The predicted octanol–water partition coefficient (Wildman–Crippen LogP) is 2.04. The maximum Gasteiger partial charge on any atom is 0.258 e. The van der Waals surface area contributed by atoms with Crippen molar-refractivity contribution in [2.45, 2.75) is 31.3 Å². The van der Waals surface area contributed by atoms with Gasteiger partial charge in [0.2, 0.25) is 0 Å². The summed E-state index contributed by atoms with van der Waals surface area (Å²) < 4.78 is 0. The average Bonchev–Trinajstić information content (AvgIpc) is 3.11. The van der Waals surface area contributed by atoms with Crippen molar-refractivity contribution in [2.75, 3.05) is 13.1 Å². The third kappa shape index (κ3) is 2.22. The van der Waals surface area contributed by atoms with Crippen molar-refractivity contribution in [3.63, 3.8) is 0 Å². The van der Waals surface area contributed by atoms with Gasteiger partial charge in [0.25, 0.3) is 5.91 Å². The normalized spacial score (nSPS) is 24.3. The number of aromatic amines is 1. The van der Waals surface area contributed by atoms with Crippen LogP contribution in [-0.2, 0) is 0 Å². The van der Waals surface area contributed by atoms with Crippen molar-refractivity contribution in [2.24, 2.45) is 0 Å². The molecule has 2 atom stereocenters. The van der Waals surface area contributed by atoms with Crippen LogP contribution in [0.3, 0.4) is 0 Å². The monoisotopic (exact) mass is 296 g/mol. The molecule has 0 saturated carbocycles. The van der Waals surface area contributed by atoms with Gasteiger partial charge in [-0.1, -0.05) is 30.3 Å².